The summed E-state index contributed by atoms with van der Waals surface area (Å²) in [6.07, 6.45) is 2.40. The highest BCUT2D eigenvalue weighted by atomic mass is 19.1. The highest BCUT2D eigenvalue weighted by Crippen LogP contribution is 2.36. The highest BCUT2D eigenvalue weighted by molar-refractivity contribution is 6.22. The molecule has 5 nitrogen and oxygen atoms in total. The minimum Gasteiger partial charge on any atom is -0.258 e. The van der Waals surface area contributed by atoms with Crippen molar-refractivity contribution >= 4 is 17.2 Å². The number of nitrogens with zero attached hydrogens (tertiary/aromatic N) is 3. The lowest BCUT2D eigenvalue weighted by Crippen LogP contribution is -2.02. The maximum Gasteiger partial charge on any atom is 0.304 e. The van der Waals surface area contributed by atoms with Crippen molar-refractivity contribution in [3.63, 3.8) is 0 Å². The molecule has 2 aromatic carbocycles. The van der Waals surface area contributed by atoms with Gasteiger partial charge in [0, 0.05) is 18.1 Å². The van der Waals surface area contributed by atoms with Crippen LogP contribution >= 0.6 is 0 Å². The molecule has 1 saturated carbocycles. The van der Waals surface area contributed by atoms with Crippen molar-refractivity contribution in [2.45, 2.75) is 19.3 Å². The van der Waals surface area contributed by atoms with E-state index < -0.39 is 16.4 Å². The number of halogens is 1. The third kappa shape index (κ3) is 3.10. The van der Waals surface area contributed by atoms with Crippen molar-refractivity contribution < 1.29 is 9.31 Å². The number of allylic oxidation sites excluding steroid dienone is 2. The van der Waals surface area contributed by atoms with Crippen LogP contribution in [0.25, 0.3) is 0 Å². The Labute approximate surface area is 143 Å². The predicted octanol–water partition coefficient (Wildman–Crippen LogP) is 4.23. The van der Waals surface area contributed by atoms with Gasteiger partial charge < -0.3 is 0 Å². The second kappa shape index (κ2) is 6.05. The standard InChI is InChI=1S/C19H14FN3O2/c20-15-10-12(6-9-16(15)23(24)25)11-17-21-18(13-4-2-1-3-5-13)19(22-17)14-7-8-14/h1-6,9-10H,7-8,11H2. The molecular weight excluding hydrogens is 321 g/mol. The van der Waals surface area contributed by atoms with E-state index in [-0.39, 0.29) is 0 Å². The fourth-order valence-corrected chi connectivity index (χ4v) is 2.80. The molecule has 1 aliphatic heterocycles. The van der Waals surface area contributed by atoms with E-state index in [1.165, 1.54) is 17.7 Å². The number of hydrogen-bond donors (Lipinski definition) is 0. The lowest BCUT2D eigenvalue weighted by atomic mass is 10.1. The van der Waals surface area contributed by atoms with E-state index in [2.05, 4.69) is 9.98 Å². The van der Waals surface area contributed by atoms with Crippen LogP contribution in [0.1, 0.15) is 24.0 Å². The van der Waals surface area contributed by atoms with Gasteiger partial charge in [-0.05, 0) is 30.0 Å². The van der Waals surface area contributed by atoms with E-state index in [1.54, 1.807) is 6.07 Å². The molecule has 0 N–H and O–H groups in total. The summed E-state index contributed by atoms with van der Waals surface area (Å²) in [6, 6.07) is 13.8. The molecule has 1 fully saturated rings. The summed E-state index contributed by atoms with van der Waals surface area (Å²) >= 11 is 0. The first-order valence-electron chi connectivity index (χ1n) is 7.99. The summed E-state index contributed by atoms with van der Waals surface area (Å²) in [5.74, 6) is -0.240. The van der Waals surface area contributed by atoms with Crippen LogP contribution in [0, 0.1) is 15.9 Å². The molecule has 4 rings (SSSR count). The third-order valence-electron chi connectivity index (χ3n) is 4.16. The first kappa shape index (κ1) is 15.4. The van der Waals surface area contributed by atoms with E-state index in [4.69, 9.17) is 0 Å². The van der Waals surface area contributed by atoms with Gasteiger partial charge in [0.05, 0.1) is 16.3 Å². The zero-order valence-corrected chi connectivity index (χ0v) is 13.3. The summed E-state index contributed by atoms with van der Waals surface area (Å²) in [5, 5.41) is 10.7. The van der Waals surface area contributed by atoms with Gasteiger partial charge >= 0.3 is 5.69 Å². The molecule has 0 atom stereocenters. The molecular formula is C19H14FN3O2. The highest BCUT2D eigenvalue weighted by Gasteiger charge is 2.27. The van der Waals surface area contributed by atoms with Gasteiger partial charge in [-0.15, -0.1) is 0 Å². The second-order valence-corrected chi connectivity index (χ2v) is 6.03. The number of amidine groups is 1. The normalized spacial score (nSPS) is 15.9. The van der Waals surface area contributed by atoms with E-state index >= 15 is 0 Å². The Morgan fingerprint density at radius 1 is 1.08 bits per heavy atom. The third-order valence-corrected chi connectivity index (χ3v) is 4.16. The molecule has 2 aromatic rings. The van der Waals surface area contributed by atoms with Gasteiger partial charge in [0.25, 0.3) is 0 Å². The summed E-state index contributed by atoms with van der Waals surface area (Å²) in [4.78, 5) is 19.3. The van der Waals surface area contributed by atoms with Gasteiger partial charge in [-0.25, -0.2) is 9.98 Å². The number of nitro benzene ring substituents is 1. The molecule has 2 aliphatic rings. The van der Waals surface area contributed by atoms with Crippen molar-refractivity contribution in [2.24, 2.45) is 9.98 Å². The average Bonchev–Trinajstić information content (AvgIpc) is 3.36. The first-order valence-corrected chi connectivity index (χ1v) is 7.99. The quantitative estimate of drug-likeness (QED) is 0.620. The monoisotopic (exact) mass is 335 g/mol. The topological polar surface area (TPSA) is 67.9 Å². The summed E-state index contributed by atoms with van der Waals surface area (Å²) in [6.45, 7) is 0. The zero-order valence-electron chi connectivity index (χ0n) is 13.3. The summed E-state index contributed by atoms with van der Waals surface area (Å²) in [7, 11) is 0. The fraction of sp³-hybridized carbons (Fsp3) is 0.158. The summed E-state index contributed by atoms with van der Waals surface area (Å²) < 4.78 is 13.8. The van der Waals surface area contributed by atoms with Crippen LogP contribution < -0.4 is 0 Å². The Hall–Kier alpha value is -3.15. The fourth-order valence-electron chi connectivity index (χ4n) is 2.80. The van der Waals surface area contributed by atoms with Gasteiger partial charge in [0.1, 0.15) is 5.84 Å². The molecule has 6 heteroatoms. The Morgan fingerprint density at radius 2 is 1.84 bits per heavy atom. The molecule has 0 bridgehead atoms. The van der Waals surface area contributed by atoms with E-state index in [0.29, 0.717) is 17.8 Å². The van der Waals surface area contributed by atoms with Crippen molar-refractivity contribution in [3.05, 3.63) is 86.9 Å². The SMILES string of the molecule is O=[N+]([O-])c1ccc(CC2=NC(=C3CC3)C(c3ccccc3)=N2)cc1F. The van der Waals surface area contributed by atoms with E-state index in [9.17, 15) is 14.5 Å². The molecule has 25 heavy (non-hydrogen) atoms. The number of hydrogen-bond acceptors (Lipinski definition) is 4. The van der Waals surface area contributed by atoms with Crippen LogP contribution in [-0.4, -0.2) is 16.5 Å². The smallest absolute Gasteiger partial charge is 0.258 e. The van der Waals surface area contributed by atoms with Crippen LogP contribution in [0.4, 0.5) is 10.1 Å². The van der Waals surface area contributed by atoms with Gasteiger partial charge in [-0.1, -0.05) is 36.4 Å². The van der Waals surface area contributed by atoms with Gasteiger partial charge in [0.15, 0.2) is 0 Å². The molecule has 1 aliphatic carbocycles. The second-order valence-electron chi connectivity index (χ2n) is 6.03. The number of benzene rings is 2. The average molecular weight is 335 g/mol. The minimum absolute atomic E-state index is 0.335. The van der Waals surface area contributed by atoms with Crippen molar-refractivity contribution in [1.82, 2.24) is 0 Å². The number of rotatable bonds is 4. The molecule has 124 valence electrons. The Balaban J connectivity index is 1.64. The van der Waals surface area contributed by atoms with Gasteiger partial charge in [-0.3, -0.25) is 10.1 Å². The van der Waals surface area contributed by atoms with Crippen LogP contribution in [0.5, 0.6) is 0 Å². The van der Waals surface area contributed by atoms with Crippen LogP contribution in [0.15, 0.2) is 69.8 Å². The van der Waals surface area contributed by atoms with Crippen molar-refractivity contribution in [2.75, 3.05) is 0 Å². The Morgan fingerprint density at radius 3 is 2.48 bits per heavy atom. The van der Waals surface area contributed by atoms with Crippen LogP contribution in [-0.2, 0) is 6.42 Å². The summed E-state index contributed by atoms with van der Waals surface area (Å²) in [5.41, 5.74) is 4.15. The lowest BCUT2D eigenvalue weighted by Gasteiger charge is -2.01. The Bertz CT molecular complexity index is 956. The molecule has 0 unspecified atom stereocenters. The maximum atomic E-state index is 13.8. The van der Waals surface area contributed by atoms with Crippen molar-refractivity contribution in [3.8, 4) is 0 Å². The minimum atomic E-state index is -0.839. The molecule has 0 amide bonds. The molecule has 0 spiro atoms. The first-order chi connectivity index (χ1) is 12.1. The molecule has 0 radical (unpaired) electrons. The number of aliphatic imine (C=N–C) groups is 2. The molecule has 0 aromatic heterocycles. The van der Waals surface area contributed by atoms with Crippen LogP contribution in [0.2, 0.25) is 0 Å². The Kier molecular flexibility index (Phi) is 3.72. The van der Waals surface area contributed by atoms with Crippen molar-refractivity contribution in [1.29, 1.82) is 0 Å². The largest absolute Gasteiger partial charge is 0.304 e. The van der Waals surface area contributed by atoms with Gasteiger partial charge in [-0.2, -0.15) is 4.39 Å². The van der Waals surface area contributed by atoms with Crippen LogP contribution in [0.3, 0.4) is 0 Å². The van der Waals surface area contributed by atoms with E-state index in [1.807, 2.05) is 30.3 Å². The predicted molar refractivity (Wildman–Crippen MR) is 93.4 cm³/mol. The van der Waals surface area contributed by atoms with E-state index in [0.717, 1.165) is 29.8 Å². The zero-order chi connectivity index (χ0) is 17.4. The van der Waals surface area contributed by atoms with Gasteiger partial charge in [0.2, 0.25) is 5.82 Å². The number of nitro groups is 1. The maximum absolute atomic E-state index is 13.8. The lowest BCUT2D eigenvalue weighted by molar-refractivity contribution is -0.387. The molecule has 1 heterocycles. The molecule has 0 saturated heterocycles.